The molecule has 0 unspecified atom stereocenters. The van der Waals surface area contributed by atoms with Crippen LogP contribution in [0, 0.1) is 0 Å². The van der Waals surface area contributed by atoms with Crippen molar-refractivity contribution in [2.45, 2.75) is 31.9 Å². The van der Waals surface area contributed by atoms with Gasteiger partial charge in [0.15, 0.2) is 15.9 Å². The van der Waals surface area contributed by atoms with Gasteiger partial charge in [-0.05, 0) is 24.8 Å². The van der Waals surface area contributed by atoms with Crippen LogP contribution in [-0.4, -0.2) is 48.9 Å². The highest BCUT2D eigenvalue weighted by Crippen LogP contribution is 2.27. The van der Waals surface area contributed by atoms with Gasteiger partial charge in [0, 0.05) is 11.4 Å². The molecule has 1 aliphatic heterocycles. The number of hydrogen-bond acceptors (Lipinski definition) is 8. The maximum Gasteiger partial charge on any atom is 0.312 e. The fraction of sp³-hybridized carbons (Fsp3) is 0.438. The van der Waals surface area contributed by atoms with Crippen molar-refractivity contribution in [1.82, 2.24) is 10.3 Å². The zero-order valence-electron chi connectivity index (χ0n) is 14.0. The van der Waals surface area contributed by atoms with E-state index >= 15 is 0 Å². The van der Waals surface area contributed by atoms with Crippen molar-refractivity contribution in [2.75, 3.05) is 11.5 Å². The molecule has 1 aliphatic rings. The Bertz CT molecular complexity index is 889. The van der Waals surface area contributed by atoms with Crippen LogP contribution in [0.25, 0.3) is 9.88 Å². The van der Waals surface area contributed by atoms with Crippen molar-refractivity contribution >= 4 is 44.4 Å². The maximum absolute atomic E-state index is 12.1. The molecule has 2 aromatic heterocycles. The van der Waals surface area contributed by atoms with E-state index in [1.807, 2.05) is 17.5 Å². The van der Waals surface area contributed by atoms with Crippen LogP contribution in [0.4, 0.5) is 0 Å². The van der Waals surface area contributed by atoms with E-state index in [-0.39, 0.29) is 17.9 Å². The number of thiophene rings is 1. The van der Waals surface area contributed by atoms with E-state index in [0.29, 0.717) is 12.1 Å². The lowest BCUT2D eigenvalue weighted by atomic mass is 10.2. The lowest BCUT2D eigenvalue weighted by molar-refractivity contribution is -0.154. The first-order valence-electron chi connectivity index (χ1n) is 8.01. The molecule has 0 aliphatic carbocycles. The number of esters is 1. The lowest BCUT2D eigenvalue weighted by Crippen LogP contribution is -2.42. The number of hydrogen-bond donors (Lipinski definition) is 1. The molecule has 3 heterocycles. The molecule has 10 heteroatoms. The molecular weight excluding hydrogens is 396 g/mol. The second-order valence-electron chi connectivity index (χ2n) is 6.04. The number of carbonyl (C=O) groups excluding carboxylic acids is 2. The summed E-state index contributed by atoms with van der Waals surface area (Å²) in [4.78, 5) is 29.5. The Kier molecular flexibility index (Phi) is 5.73. The SMILES string of the molecule is C[C@H](OC(=O)Cc1csc(-c2cccs2)n1)C(=O)N[C@H]1CCS(=O)(=O)C1. The summed E-state index contributed by atoms with van der Waals surface area (Å²) in [6.07, 6.45) is -0.614. The number of thiazole rings is 1. The highest BCUT2D eigenvalue weighted by atomic mass is 32.2. The molecule has 0 spiro atoms. The molecule has 0 bridgehead atoms. The van der Waals surface area contributed by atoms with Crippen LogP contribution in [0.1, 0.15) is 19.0 Å². The van der Waals surface area contributed by atoms with Crippen LogP contribution < -0.4 is 5.32 Å². The van der Waals surface area contributed by atoms with Crippen molar-refractivity contribution in [3.05, 3.63) is 28.6 Å². The van der Waals surface area contributed by atoms with Crippen molar-refractivity contribution < 1.29 is 22.7 Å². The van der Waals surface area contributed by atoms with Gasteiger partial charge in [-0.1, -0.05) is 6.07 Å². The molecule has 26 heavy (non-hydrogen) atoms. The van der Waals surface area contributed by atoms with Gasteiger partial charge < -0.3 is 10.1 Å². The summed E-state index contributed by atoms with van der Waals surface area (Å²) < 4.78 is 28.0. The largest absolute Gasteiger partial charge is 0.452 e. The first kappa shape index (κ1) is 19.0. The van der Waals surface area contributed by atoms with Gasteiger partial charge in [-0.25, -0.2) is 13.4 Å². The van der Waals surface area contributed by atoms with Crippen molar-refractivity contribution in [3.63, 3.8) is 0 Å². The first-order valence-corrected chi connectivity index (χ1v) is 11.6. The topological polar surface area (TPSA) is 102 Å². The van der Waals surface area contributed by atoms with Crippen LogP contribution in [-0.2, 0) is 30.6 Å². The zero-order valence-corrected chi connectivity index (χ0v) is 16.5. The fourth-order valence-corrected chi connectivity index (χ4v) is 5.88. The van der Waals surface area contributed by atoms with Crippen molar-refractivity contribution in [2.24, 2.45) is 0 Å². The summed E-state index contributed by atoms with van der Waals surface area (Å²) in [5.41, 5.74) is 0.595. The predicted octanol–water partition coefficient (Wildman–Crippen LogP) is 1.65. The first-order chi connectivity index (χ1) is 12.3. The van der Waals surface area contributed by atoms with E-state index in [0.717, 1.165) is 9.88 Å². The number of carbonyl (C=O) groups is 2. The van der Waals surface area contributed by atoms with E-state index in [4.69, 9.17) is 4.74 Å². The predicted molar refractivity (Wildman–Crippen MR) is 99.9 cm³/mol. The van der Waals surface area contributed by atoms with E-state index in [1.54, 1.807) is 16.7 Å². The number of nitrogens with zero attached hydrogens (tertiary/aromatic N) is 1. The van der Waals surface area contributed by atoms with Crippen LogP contribution >= 0.6 is 22.7 Å². The Hall–Kier alpha value is -1.78. The second kappa shape index (κ2) is 7.85. The summed E-state index contributed by atoms with van der Waals surface area (Å²) >= 11 is 3.02. The third kappa shape index (κ3) is 4.89. The van der Waals surface area contributed by atoms with E-state index < -0.39 is 33.9 Å². The Balaban J connectivity index is 1.49. The molecule has 1 saturated heterocycles. The number of sulfone groups is 1. The molecule has 0 saturated carbocycles. The average molecular weight is 415 g/mol. The highest BCUT2D eigenvalue weighted by molar-refractivity contribution is 7.91. The Morgan fingerprint density at radius 1 is 1.42 bits per heavy atom. The summed E-state index contributed by atoms with van der Waals surface area (Å²) in [5, 5.41) is 7.22. The molecular formula is C16H18N2O5S3. The minimum Gasteiger partial charge on any atom is -0.452 e. The molecule has 0 radical (unpaired) electrons. The molecule has 2 aromatic rings. The molecule has 7 nitrogen and oxygen atoms in total. The zero-order chi connectivity index (χ0) is 18.7. The average Bonchev–Trinajstić information content (AvgIpc) is 3.28. The number of nitrogens with one attached hydrogen (secondary N) is 1. The second-order valence-corrected chi connectivity index (χ2v) is 10.1. The molecule has 3 rings (SSSR count). The lowest BCUT2D eigenvalue weighted by Gasteiger charge is -2.16. The van der Waals surface area contributed by atoms with Gasteiger partial charge in [-0.2, -0.15) is 0 Å². The molecule has 1 N–H and O–H groups in total. The third-order valence-corrected chi connectivity index (χ3v) is 7.56. The molecule has 140 valence electrons. The van der Waals surface area contributed by atoms with E-state index in [2.05, 4.69) is 10.3 Å². The minimum absolute atomic E-state index is 0.0166. The van der Waals surface area contributed by atoms with Crippen LogP contribution in [0.5, 0.6) is 0 Å². The molecule has 0 aromatic carbocycles. The Morgan fingerprint density at radius 3 is 2.88 bits per heavy atom. The van der Waals surface area contributed by atoms with Crippen LogP contribution in [0.3, 0.4) is 0 Å². The highest BCUT2D eigenvalue weighted by Gasteiger charge is 2.30. The standard InChI is InChI=1S/C16H18N2O5S3/c1-10(15(20)17-11-4-6-26(21,22)9-11)23-14(19)7-12-8-25-16(18-12)13-3-2-5-24-13/h2-3,5,8,10-11H,4,6-7,9H2,1H3,(H,17,20)/t10-,11-/m0/s1. The van der Waals surface area contributed by atoms with Crippen LogP contribution in [0.2, 0.25) is 0 Å². The van der Waals surface area contributed by atoms with Gasteiger partial charge in [0.25, 0.3) is 5.91 Å². The van der Waals surface area contributed by atoms with Crippen LogP contribution in [0.15, 0.2) is 22.9 Å². The van der Waals surface area contributed by atoms with Gasteiger partial charge >= 0.3 is 5.97 Å². The van der Waals surface area contributed by atoms with E-state index in [1.165, 1.54) is 18.3 Å². The van der Waals surface area contributed by atoms with Gasteiger partial charge in [0.2, 0.25) is 0 Å². The summed E-state index contributed by atoms with van der Waals surface area (Å²) in [6.45, 7) is 1.47. The number of ether oxygens (including phenoxy) is 1. The fourth-order valence-electron chi connectivity index (χ4n) is 2.57. The van der Waals surface area contributed by atoms with Gasteiger partial charge in [0.1, 0.15) is 5.01 Å². The maximum atomic E-state index is 12.1. The summed E-state index contributed by atoms with van der Waals surface area (Å²) in [5.74, 6) is -1.03. The quantitative estimate of drug-likeness (QED) is 0.721. The minimum atomic E-state index is -3.08. The summed E-state index contributed by atoms with van der Waals surface area (Å²) in [6, 6.07) is 3.48. The van der Waals surface area contributed by atoms with Crippen molar-refractivity contribution in [1.29, 1.82) is 0 Å². The number of rotatable bonds is 6. The molecule has 1 amide bonds. The summed E-state index contributed by atoms with van der Waals surface area (Å²) in [7, 11) is -3.08. The number of amides is 1. The molecule has 2 atom stereocenters. The smallest absolute Gasteiger partial charge is 0.312 e. The normalized spacial score (nSPS) is 19.8. The monoisotopic (exact) mass is 414 g/mol. The molecule has 1 fully saturated rings. The van der Waals surface area contributed by atoms with E-state index in [9.17, 15) is 18.0 Å². The van der Waals surface area contributed by atoms with Crippen molar-refractivity contribution in [3.8, 4) is 9.88 Å². The Morgan fingerprint density at radius 2 is 2.23 bits per heavy atom. The number of aromatic nitrogens is 1. The van der Waals surface area contributed by atoms with Gasteiger partial charge in [0.05, 0.1) is 28.5 Å². The third-order valence-electron chi connectivity index (χ3n) is 3.87. The Labute approximate surface area is 159 Å². The van der Waals surface area contributed by atoms with Gasteiger partial charge in [-0.3, -0.25) is 9.59 Å². The van der Waals surface area contributed by atoms with Gasteiger partial charge in [-0.15, -0.1) is 22.7 Å².